The summed E-state index contributed by atoms with van der Waals surface area (Å²) in [7, 11) is 0. The molecule has 0 spiro atoms. The van der Waals surface area contributed by atoms with Gasteiger partial charge in [-0.15, -0.1) is 11.3 Å². The molecule has 0 saturated carbocycles. The average molecular weight is 311 g/mol. The lowest BCUT2D eigenvalue weighted by Gasteiger charge is -2.26. The van der Waals surface area contributed by atoms with Gasteiger partial charge in [0.2, 0.25) is 0 Å². The van der Waals surface area contributed by atoms with Crippen LogP contribution in [0.5, 0.6) is 0 Å². The molecule has 1 aliphatic heterocycles. The number of hydrogen-bond acceptors (Lipinski definition) is 5. The van der Waals surface area contributed by atoms with E-state index in [4.69, 9.17) is 4.74 Å². The minimum Gasteiger partial charge on any atom is -0.380 e. The van der Waals surface area contributed by atoms with Crippen molar-refractivity contribution in [2.45, 2.75) is 18.9 Å². The molecule has 0 aliphatic carbocycles. The monoisotopic (exact) mass is 311 g/mol. The Kier molecular flexibility index (Phi) is 3.52. The van der Waals surface area contributed by atoms with Gasteiger partial charge in [0, 0.05) is 12.0 Å². The maximum absolute atomic E-state index is 5.25. The van der Waals surface area contributed by atoms with Crippen LogP contribution < -0.4 is 5.32 Å². The van der Waals surface area contributed by atoms with E-state index in [-0.39, 0.29) is 6.04 Å². The molecule has 1 saturated heterocycles. The molecule has 1 aromatic carbocycles. The third kappa shape index (κ3) is 2.46. The van der Waals surface area contributed by atoms with Gasteiger partial charge in [0.15, 0.2) is 0 Å². The van der Waals surface area contributed by atoms with Crippen molar-refractivity contribution in [3.63, 3.8) is 0 Å². The van der Waals surface area contributed by atoms with Crippen LogP contribution in [-0.4, -0.2) is 23.2 Å². The van der Waals surface area contributed by atoms with Gasteiger partial charge in [-0.25, -0.2) is 9.97 Å². The fraction of sp³-hybridized carbons (Fsp3) is 0.294. The third-order valence-electron chi connectivity index (χ3n) is 4.16. The summed E-state index contributed by atoms with van der Waals surface area (Å²) in [5.74, 6) is 1.47. The van der Waals surface area contributed by atoms with Crippen molar-refractivity contribution < 1.29 is 4.74 Å². The van der Waals surface area contributed by atoms with Crippen LogP contribution >= 0.6 is 11.3 Å². The average Bonchev–Trinajstić information content (AvgIpc) is 2.96. The lowest BCUT2D eigenvalue weighted by molar-refractivity contribution is 0.00841. The number of ether oxygens (including phenoxy) is 1. The van der Waals surface area contributed by atoms with Crippen molar-refractivity contribution in [2.24, 2.45) is 0 Å². The standard InChI is InChI=1S/C17H17N3OS/c1-11(12-2-4-13(5-3-12)14-8-21-9-14)20-16-15-6-7-22-17(15)19-10-18-16/h2-7,10-11,14H,8-9H2,1H3,(H,18,19,20). The maximum atomic E-state index is 5.25. The van der Waals surface area contributed by atoms with Gasteiger partial charge in [-0.2, -0.15) is 0 Å². The van der Waals surface area contributed by atoms with E-state index >= 15 is 0 Å². The van der Waals surface area contributed by atoms with Crippen LogP contribution in [0.2, 0.25) is 0 Å². The van der Waals surface area contributed by atoms with Crippen molar-refractivity contribution in [1.82, 2.24) is 9.97 Å². The number of aromatic nitrogens is 2. The zero-order valence-electron chi connectivity index (χ0n) is 12.3. The number of nitrogens with one attached hydrogen (secondary N) is 1. The van der Waals surface area contributed by atoms with Gasteiger partial charge >= 0.3 is 0 Å². The van der Waals surface area contributed by atoms with Crippen LogP contribution in [0.1, 0.15) is 30.0 Å². The first-order valence-corrected chi connectivity index (χ1v) is 8.31. The zero-order valence-corrected chi connectivity index (χ0v) is 13.1. The van der Waals surface area contributed by atoms with Crippen molar-refractivity contribution in [1.29, 1.82) is 0 Å². The fourth-order valence-corrected chi connectivity index (χ4v) is 3.41. The number of rotatable bonds is 4. The molecular weight excluding hydrogens is 294 g/mol. The Morgan fingerprint density at radius 1 is 1.18 bits per heavy atom. The highest BCUT2D eigenvalue weighted by Gasteiger charge is 2.20. The second kappa shape index (κ2) is 5.66. The number of anilines is 1. The smallest absolute Gasteiger partial charge is 0.138 e. The van der Waals surface area contributed by atoms with E-state index < -0.39 is 0 Å². The lowest BCUT2D eigenvalue weighted by Crippen LogP contribution is -2.25. The first-order chi connectivity index (χ1) is 10.8. The summed E-state index contributed by atoms with van der Waals surface area (Å²) >= 11 is 1.64. The quantitative estimate of drug-likeness (QED) is 0.792. The largest absolute Gasteiger partial charge is 0.380 e. The van der Waals surface area contributed by atoms with Crippen LogP contribution in [0, 0.1) is 0 Å². The maximum Gasteiger partial charge on any atom is 0.138 e. The van der Waals surface area contributed by atoms with Crippen molar-refractivity contribution in [3.8, 4) is 0 Å². The summed E-state index contributed by atoms with van der Waals surface area (Å²) in [6.45, 7) is 3.86. The highest BCUT2D eigenvalue weighted by atomic mass is 32.1. The normalized spacial score (nSPS) is 16.4. The predicted molar refractivity (Wildman–Crippen MR) is 89.5 cm³/mol. The Morgan fingerprint density at radius 3 is 2.73 bits per heavy atom. The van der Waals surface area contributed by atoms with Gasteiger partial charge in [-0.3, -0.25) is 0 Å². The summed E-state index contributed by atoms with van der Waals surface area (Å²) in [6.07, 6.45) is 1.62. The topological polar surface area (TPSA) is 47.0 Å². The SMILES string of the molecule is CC(Nc1ncnc2sccc12)c1ccc(C2COC2)cc1. The first-order valence-electron chi connectivity index (χ1n) is 7.43. The molecule has 3 heterocycles. The molecule has 1 fully saturated rings. The van der Waals surface area contributed by atoms with E-state index in [9.17, 15) is 0 Å². The molecule has 2 aromatic heterocycles. The van der Waals surface area contributed by atoms with E-state index in [1.165, 1.54) is 11.1 Å². The number of nitrogens with zero attached hydrogens (tertiary/aromatic N) is 2. The Hall–Kier alpha value is -1.98. The van der Waals surface area contributed by atoms with Gasteiger partial charge in [-0.05, 0) is 29.5 Å². The Morgan fingerprint density at radius 2 is 2.00 bits per heavy atom. The minimum absolute atomic E-state index is 0.199. The molecule has 4 rings (SSSR count). The Bertz CT molecular complexity index is 780. The number of hydrogen-bond donors (Lipinski definition) is 1. The van der Waals surface area contributed by atoms with E-state index in [1.54, 1.807) is 17.7 Å². The van der Waals surface area contributed by atoms with Gasteiger partial charge in [-0.1, -0.05) is 24.3 Å². The summed E-state index contributed by atoms with van der Waals surface area (Å²) in [5, 5.41) is 6.63. The molecule has 0 bridgehead atoms. The molecule has 1 aliphatic rings. The molecule has 1 unspecified atom stereocenters. The van der Waals surface area contributed by atoms with E-state index in [1.807, 2.05) is 5.38 Å². The van der Waals surface area contributed by atoms with Gasteiger partial charge in [0.05, 0.1) is 18.6 Å². The molecule has 0 radical (unpaired) electrons. The van der Waals surface area contributed by atoms with Crippen LogP contribution in [-0.2, 0) is 4.74 Å². The highest BCUT2D eigenvalue weighted by molar-refractivity contribution is 7.16. The fourth-order valence-electron chi connectivity index (χ4n) is 2.68. The van der Waals surface area contributed by atoms with Gasteiger partial charge in [0.1, 0.15) is 17.0 Å². The molecular formula is C17H17N3OS. The summed E-state index contributed by atoms with van der Waals surface area (Å²) < 4.78 is 5.25. The molecule has 4 nitrogen and oxygen atoms in total. The molecule has 1 atom stereocenters. The third-order valence-corrected chi connectivity index (χ3v) is 4.98. The van der Waals surface area contributed by atoms with Crippen molar-refractivity contribution in [3.05, 3.63) is 53.2 Å². The molecule has 1 N–H and O–H groups in total. The molecule has 112 valence electrons. The lowest BCUT2D eigenvalue weighted by atomic mass is 9.95. The predicted octanol–water partition coefficient (Wildman–Crippen LogP) is 3.98. The second-order valence-electron chi connectivity index (χ2n) is 5.63. The van der Waals surface area contributed by atoms with Crippen LogP contribution in [0.4, 0.5) is 5.82 Å². The molecule has 5 heteroatoms. The highest BCUT2D eigenvalue weighted by Crippen LogP contribution is 2.28. The first kappa shape index (κ1) is 13.7. The van der Waals surface area contributed by atoms with Gasteiger partial charge in [0.25, 0.3) is 0 Å². The number of fused-ring (bicyclic) bond motifs is 1. The minimum atomic E-state index is 0.199. The Balaban J connectivity index is 1.53. The van der Waals surface area contributed by atoms with Crippen LogP contribution in [0.25, 0.3) is 10.2 Å². The van der Waals surface area contributed by atoms with E-state index in [0.29, 0.717) is 5.92 Å². The van der Waals surface area contributed by atoms with Crippen LogP contribution in [0.15, 0.2) is 42.0 Å². The van der Waals surface area contributed by atoms with Crippen LogP contribution in [0.3, 0.4) is 0 Å². The van der Waals surface area contributed by atoms with Crippen molar-refractivity contribution >= 4 is 27.4 Å². The van der Waals surface area contributed by atoms with Gasteiger partial charge < -0.3 is 10.1 Å². The summed E-state index contributed by atoms with van der Waals surface area (Å²) in [4.78, 5) is 9.68. The zero-order chi connectivity index (χ0) is 14.9. The van der Waals surface area contributed by atoms with E-state index in [2.05, 4.69) is 52.5 Å². The number of thiophene rings is 1. The summed E-state index contributed by atoms with van der Waals surface area (Å²) in [6, 6.07) is 11.1. The van der Waals surface area contributed by atoms with E-state index in [0.717, 1.165) is 29.2 Å². The molecule has 0 amide bonds. The number of benzene rings is 1. The second-order valence-corrected chi connectivity index (χ2v) is 6.52. The Labute approximate surface area is 133 Å². The van der Waals surface area contributed by atoms with Crippen molar-refractivity contribution in [2.75, 3.05) is 18.5 Å². The molecule has 22 heavy (non-hydrogen) atoms. The molecule has 3 aromatic rings. The summed E-state index contributed by atoms with van der Waals surface area (Å²) in [5.41, 5.74) is 2.62.